The molecule has 2 aromatic rings. The Morgan fingerprint density at radius 1 is 1.04 bits per heavy atom. The number of carbonyl (C=O) groups excluding carboxylic acids is 2. The van der Waals surface area contributed by atoms with Crippen LogP contribution in [0, 0.1) is 5.82 Å². The quantitative estimate of drug-likeness (QED) is 0.734. The van der Waals surface area contributed by atoms with Crippen molar-refractivity contribution < 1.29 is 14.0 Å². The Morgan fingerprint density at radius 2 is 1.76 bits per heavy atom. The van der Waals surface area contributed by atoms with Crippen LogP contribution in [0.2, 0.25) is 10.0 Å². The Bertz CT molecular complexity index is 774. The molecule has 0 heterocycles. The maximum absolute atomic E-state index is 13.4. The molecule has 25 heavy (non-hydrogen) atoms. The first-order valence-corrected chi connectivity index (χ1v) is 9.19. The minimum Gasteiger partial charge on any atom is -0.351 e. The zero-order valence-electron chi connectivity index (χ0n) is 13.0. The summed E-state index contributed by atoms with van der Waals surface area (Å²) < 4.78 is 13.4. The van der Waals surface area contributed by atoms with E-state index in [0.29, 0.717) is 10.0 Å². The van der Waals surface area contributed by atoms with E-state index < -0.39 is 5.82 Å². The summed E-state index contributed by atoms with van der Waals surface area (Å²) >= 11 is 13.0. The highest BCUT2D eigenvalue weighted by Crippen LogP contribution is 2.20. The van der Waals surface area contributed by atoms with Crippen molar-refractivity contribution in [2.24, 2.45) is 0 Å². The van der Waals surface area contributed by atoms with E-state index in [9.17, 15) is 14.0 Å². The van der Waals surface area contributed by atoms with E-state index in [1.165, 1.54) is 18.2 Å². The molecule has 2 rings (SSSR count). The molecule has 0 radical (unpaired) electrons. The number of carbonyl (C=O) groups is 2. The van der Waals surface area contributed by atoms with Crippen LogP contribution in [0.3, 0.4) is 0 Å². The Morgan fingerprint density at radius 3 is 2.48 bits per heavy atom. The summed E-state index contributed by atoms with van der Waals surface area (Å²) in [6.45, 7) is 0.275. The molecule has 2 N–H and O–H groups in total. The molecule has 2 aromatic carbocycles. The molecule has 0 aliphatic rings. The number of nitrogens with one attached hydrogen (secondary N) is 2. The van der Waals surface area contributed by atoms with Gasteiger partial charge in [-0.15, -0.1) is 11.8 Å². The lowest BCUT2D eigenvalue weighted by Crippen LogP contribution is -2.25. The van der Waals surface area contributed by atoms with Gasteiger partial charge in [-0.05, 0) is 29.8 Å². The van der Waals surface area contributed by atoms with E-state index in [4.69, 9.17) is 23.2 Å². The Balaban J connectivity index is 1.69. The van der Waals surface area contributed by atoms with Crippen molar-refractivity contribution in [3.8, 4) is 0 Å². The second-order valence-electron chi connectivity index (χ2n) is 5.03. The van der Waals surface area contributed by atoms with E-state index in [2.05, 4.69) is 10.6 Å². The van der Waals surface area contributed by atoms with Crippen molar-refractivity contribution in [3.63, 3.8) is 0 Å². The van der Waals surface area contributed by atoms with Gasteiger partial charge in [0.25, 0.3) is 0 Å². The van der Waals surface area contributed by atoms with Gasteiger partial charge in [0, 0.05) is 16.6 Å². The number of halogens is 3. The molecule has 2 amide bonds. The van der Waals surface area contributed by atoms with Crippen LogP contribution < -0.4 is 10.6 Å². The monoisotopic (exact) mass is 400 g/mol. The van der Waals surface area contributed by atoms with Crippen molar-refractivity contribution in [1.82, 2.24) is 5.32 Å². The molecule has 0 spiro atoms. The third-order valence-corrected chi connectivity index (χ3v) is 4.62. The molecule has 0 aliphatic carbocycles. The zero-order valence-corrected chi connectivity index (χ0v) is 15.3. The summed E-state index contributed by atoms with van der Waals surface area (Å²) in [5.41, 5.74) is 0.872. The van der Waals surface area contributed by atoms with Gasteiger partial charge in [-0.1, -0.05) is 41.4 Å². The molecule has 0 unspecified atom stereocenters. The summed E-state index contributed by atoms with van der Waals surface area (Å²) in [5, 5.41) is 6.17. The van der Waals surface area contributed by atoms with Gasteiger partial charge in [0.05, 0.1) is 17.2 Å². The van der Waals surface area contributed by atoms with Gasteiger partial charge in [0.1, 0.15) is 5.82 Å². The minimum absolute atomic E-state index is 0.0451. The topological polar surface area (TPSA) is 58.2 Å². The molecule has 0 aliphatic heterocycles. The minimum atomic E-state index is -0.501. The van der Waals surface area contributed by atoms with Crippen molar-refractivity contribution in [2.45, 2.75) is 6.54 Å². The molecule has 0 saturated carbocycles. The Labute approximate surface area is 159 Å². The predicted octanol–water partition coefficient (Wildman–Crippen LogP) is 4.12. The zero-order chi connectivity index (χ0) is 18.2. The Kier molecular flexibility index (Phi) is 7.55. The molecular weight excluding hydrogens is 386 g/mol. The molecule has 8 heteroatoms. The van der Waals surface area contributed by atoms with Crippen molar-refractivity contribution in [2.75, 3.05) is 16.8 Å². The number of thioether (sulfide) groups is 1. The molecular formula is C17H15Cl2FN2O2S. The first-order chi connectivity index (χ1) is 12.0. The highest BCUT2D eigenvalue weighted by Gasteiger charge is 2.09. The van der Waals surface area contributed by atoms with Gasteiger partial charge in [-0.2, -0.15) is 0 Å². The van der Waals surface area contributed by atoms with Gasteiger partial charge in [-0.25, -0.2) is 4.39 Å². The van der Waals surface area contributed by atoms with Gasteiger partial charge < -0.3 is 10.6 Å². The van der Waals surface area contributed by atoms with Crippen LogP contribution in [0.1, 0.15) is 5.56 Å². The van der Waals surface area contributed by atoms with E-state index in [-0.39, 0.29) is 35.6 Å². The van der Waals surface area contributed by atoms with E-state index in [0.717, 1.165) is 17.3 Å². The Hall–Kier alpha value is -1.76. The van der Waals surface area contributed by atoms with Gasteiger partial charge in [0.15, 0.2) is 0 Å². The normalized spacial score (nSPS) is 10.4. The van der Waals surface area contributed by atoms with E-state index in [1.54, 1.807) is 24.3 Å². The van der Waals surface area contributed by atoms with Gasteiger partial charge in [0.2, 0.25) is 11.8 Å². The number of rotatable bonds is 7. The second kappa shape index (κ2) is 9.65. The van der Waals surface area contributed by atoms with Crippen LogP contribution in [0.4, 0.5) is 10.1 Å². The first-order valence-electron chi connectivity index (χ1n) is 7.28. The fourth-order valence-electron chi connectivity index (χ4n) is 1.90. The molecule has 0 bridgehead atoms. The molecule has 0 fully saturated rings. The third-order valence-electron chi connectivity index (χ3n) is 3.11. The van der Waals surface area contributed by atoms with Crippen LogP contribution in [0.25, 0.3) is 0 Å². The number of hydrogen-bond donors (Lipinski definition) is 2. The van der Waals surface area contributed by atoms with Crippen LogP contribution in [0.5, 0.6) is 0 Å². The van der Waals surface area contributed by atoms with Crippen molar-refractivity contribution in [3.05, 3.63) is 63.9 Å². The fraction of sp³-hybridized carbons (Fsp3) is 0.176. The largest absolute Gasteiger partial charge is 0.351 e. The average molecular weight is 401 g/mol. The smallest absolute Gasteiger partial charge is 0.234 e. The summed E-state index contributed by atoms with van der Waals surface area (Å²) in [6.07, 6.45) is 0. The van der Waals surface area contributed by atoms with Crippen LogP contribution >= 0.6 is 35.0 Å². The van der Waals surface area contributed by atoms with E-state index in [1.807, 2.05) is 0 Å². The van der Waals surface area contributed by atoms with E-state index >= 15 is 0 Å². The highest BCUT2D eigenvalue weighted by atomic mass is 35.5. The average Bonchev–Trinajstić information content (AvgIpc) is 2.56. The van der Waals surface area contributed by atoms with Crippen molar-refractivity contribution in [1.29, 1.82) is 0 Å². The number of para-hydroxylation sites is 1. The molecule has 0 aromatic heterocycles. The lowest BCUT2D eigenvalue weighted by molar-refractivity contribution is -0.118. The maximum atomic E-state index is 13.4. The van der Waals surface area contributed by atoms with Crippen molar-refractivity contribution >= 4 is 52.5 Å². The molecule has 0 atom stereocenters. The van der Waals surface area contributed by atoms with Gasteiger partial charge >= 0.3 is 0 Å². The highest BCUT2D eigenvalue weighted by molar-refractivity contribution is 8.00. The second-order valence-corrected chi connectivity index (χ2v) is 6.86. The summed E-state index contributed by atoms with van der Waals surface area (Å²) in [7, 11) is 0. The number of benzene rings is 2. The third kappa shape index (κ3) is 6.57. The predicted molar refractivity (Wildman–Crippen MR) is 101 cm³/mol. The fourth-order valence-corrected chi connectivity index (χ4v) is 3.02. The number of amides is 2. The summed E-state index contributed by atoms with van der Waals surface area (Å²) in [5.74, 6) is -0.948. The van der Waals surface area contributed by atoms with Gasteiger partial charge in [-0.3, -0.25) is 9.59 Å². The number of anilines is 1. The summed E-state index contributed by atoms with van der Waals surface area (Å²) in [4.78, 5) is 23.5. The molecule has 4 nitrogen and oxygen atoms in total. The molecule has 132 valence electrons. The van der Waals surface area contributed by atoms with Crippen LogP contribution in [-0.2, 0) is 16.1 Å². The van der Waals surface area contributed by atoms with Crippen LogP contribution in [-0.4, -0.2) is 23.3 Å². The first kappa shape index (κ1) is 19.6. The SMILES string of the molecule is O=C(CSCC(=O)Nc1ccccc1F)NCc1ccc(Cl)cc1Cl. The summed E-state index contributed by atoms with van der Waals surface area (Å²) in [6, 6.07) is 10.9. The number of hydrogen-bond acceptors (Lipinski definition) is 3. The lowest BCUT2D eigenvalue weighted by Gasteiger charge is -2.08. The molecule has 0 saturated heterocycles. The standard InChI is InChI=1S/C17H15Cl2FN2O2S/c18-12-6-5-11(13(19)7-12)8-21-16(23)9-25-10-17(24)22-15-4-2-1-3-14(15)20/h1-7H,8-10H2,(H,21,23)(H,22,24). The maximum Gasteiger partial charge on any atom is 0.234 e. The lowest BCUT2D eigenvalue weighted by atomic mass is 10.2. The van der Waals surface area contributed by atoms with Crippen LogP contribution in [0.15, 0.2) is 42.5 Å².